The fourth-order valence-electron chi connectivity index (χ4n) is 6.71. The summed E-state index contributed by atoms with van der Waals surface area (Å²) in [5.41, 5.74) is 5.37. The van der Waals surface area contributed by atoms with Gasteiger partial charge < -0.3 is 9.64 Å². The number of carbonyl (C=O) groups excluding carboxylic acids is 1. The Bertz CT molecular complexity index is 1610. The molecule has 1 aromatic heterocycles. The smallest absolute Gasteiger partial charge is 0.188 e. The molecule has 2 fully saturated rings. The number of rotatable bonds is 9. The molecular weight excluding hydrogens is 539 g/mol. The van der Waals surface area contributed by atoms with E-state index in [-0.39, 0.29) is 22.9 Å². The first-order valence-electron chi connectivity index (χ1n) is 15.2. The average molecular weight is 579 g/mol. The molecule has 6 nitrogen and oxygen atoms in total. The number of carbonyl (C=O) groups is 1. The molecule has 7 heteroatoms. The van der Waals surface area contributed by atoms with Gasteiger partial charge in [-0.2, -0.15) is 0 Å². The van der Waals surface area contributed by atoms with E-state index in [4.69, 9.17) is 4.74 Å². The number of halogens is 1. The average Bonchev–Trinajstić information content (AvgIpc) is 3.60. The number of Topliss-reactive ketones (excluding diaryl/α,β-unsaturated/α-hetero) is 1. The van der Waals surface area contributed by atoms with E-state index in [1.165, 1.54) is 11.6 Å². The lowest BCUT2D eigenvalue weighted by atomic mass is 9.86. The fourth-order valence-corrected chi connectivity index (χ4v) is 6.71. The van der Waals surface area contributed by atoms with E-state index in [0.29, 0.717) is 17.9 Å². The quantitative estimate of drug-likeness (QED) is 0.206. The predicted octanol–water partition coefficient (Wildman–Crippen LogP) is 7.43. The first-order chi connectivity index (χ1) is 20.8. The van der Waals surface area contributed by atoms with Crippen molar-refractivity contribution in [3.8, 4) is 22.6 Å². The van der Waals surface area contributed by atoms with Crippen LogP contribution in [0.3, 0.4) is 0 Å². The first-order valence-corrected chi connectivity index (χ1v) is 15.2. The Kier molecular flexibility index (Phi) is 8.26. The number of hydrogen-bond acceptors (Lipinski definition) is 6. The van der Waals surface area contributed by atoms with Crippen molar-refractivity contribution in [3.63, 3.8) is 0 Å². The molecule has 2 aliphatic rings. The Labute approximate surface area is 253 Å². The topological polar surface area (TPSA) is 58.6 Å². The van der Waals surface area contributed by atoms with Crippen LogP contribution in [0.15, 0.2) is 79.3 Å². The Morgan fingerprint density at radius 3 is 2.51 bits per heavy atom. The largest absolute Gasteiger partial charge is 0.451 e. The highest BCUT2D eigenvalue weighted by Gasteiger charge is 2.44. The molecule has 0 N–H and O–H groups in total. The molecule has 6 rings (SSSR count). The highest BCUT2D eigenvalue weighted by Crippen LogP contribution is 2.44. The molecule has 1 unspecified atom stereocenters. The van der Waals surface area contributed by atoms with Gasteiger partial charge in [-0.25, -0.2) is 14.4 Å². The minimum Gasteiger partial charge on any atom is -0.451 e. The van der Waals surface area contributed by atoms with Gasteiger partial charge in [0.05, 0.1) is 6.20 Å². The molecule has 0 saturated carbocycles. The second kappa shape index (κ2) is 12.3. The molecule has 3 heterocycles. The standard InChI is InChI=1S/C36H39FN4O2/c1-25(2)30-6-4-5-7-31(30)32-19-29(37)12-13-33(32)43-34-20-38-24-39-35(34)41-17-15-36(23-41)14-16-40(22-36)21-28-10-8-27(9-11-28)18-26(3)42/h4-13,19-20,24-25H,14-18,21-23H2,1-3H3. The van der Waals surface area contributed by atoms with Gasteiger partial charge in [-0.05, 0) is 72.7 Å². The summed E-state index contributed by atoms with van der Waals surface area (Å²) in [7, 11) is 0. The molecule has 2 aliphatic heterocycles. The number of aromatic nitrogens is 2. The summed E-state index contributed by atoms with van der Waals surface area (Å²) in [6.45, 7) is 10.7. The monoisotopic (exact) mass is 578 g/mol. The van der Waals surface area contributed by atoms with Crippen molar-refractivity contribution in [1.29, 1.82) is 0 Å². The number of hydrogen-bond donors (Lipinski definition) is 0. The summed E-state index contributed by atoms with van der Waals surface area (Å²) in [5.74, 6) is 2.10. The third kappa shape index (κ3) is 6.47. The van der Waals surface area contributed by atoms with Gasteiger partial charge in [-0.3, -0.25) is 9.69 Å². The molecule has 43 heavy (non-hydrogen) atoms. The van der Waals surface area contributed by atoms with Crippen LogP contribution in [0.2, 0.25) is 0 Å². The van der Waals surface area contributed by atoms with Crippen molar-refractivity contribution >= 4 is 11.6 Å². The normalized spacial score (nSPS) is 18.6. The molecule has 222 valence electrons. The summed E-state index contributed by atoms with van der Waals surface area (Å²) in [6.07, 6.45) is 6.01. The minimum absolute atomic E-state index is 0.187. The summed E-state index contributed by atoms with van der Waals surface area (Å²) in [5, 5.41) is 0. The second-order valence-corrected chi connectivity index (χ2v) is 12.5. The SMILES string of the molecule is CC(=O)Cc1ccc(CN2CCC3(CCN(c4ncncc4Oc4ccc(F)cc4-c4ccccc4C(C)C)C3)C2)cc1. The van der Waals surface area contributed by atoms with E-state index in [9.17, 15) is 9.18 Å². The van der Waals surface area contributed by atoms with Crippen LogP contribution >= 0.6 is 0 Å². The minimum atomic E-state index is -0.301. The highest BCUT2D eigenvalue weighted by atomic mass is 19.1. The van der Waals surface area contributed by atoms with Crippen LogP contribution < -0.4 is 9.64 Å². The Morgan fingerprint density at radius 1 is 0.953 bits per heavy atom. The molecule has 2 saturated heterocycles. The second-order valence-electron chi connectivity index (χ2n) is 12.5. The molecule has 0 aliphatic carbocycles. The van der Waals surface area contributed by atoms with Crippen molar-refractivity contribution in [2.24, 2.45) is 5.41 Å². The molecule has 1 atom stereocenters. The Balaban J connectivity index is 1.18. The lowest BCUT2D eigenvalue weighted by Gasteiger charge is -2.26. The maximum Gasteiger partial charge on any atom is 0.188 e. The lowest BCUT2D eigenvalue weighted by molar-refractivity contribution is -0.116. The number of likely N-dealkylation sites (tertiary alicyclic amines) is 1. The molecule has 4 aromatic rings. The van der Waals surface area contributed by atoms with Gasteiger partial charge >= 0.3 is 0 Å². The zero-order valence-electron chi connectivity index (χ0n) is 25.2. The van der Waals surface area contributed by atoms with E-state index in [2.05, 4.69) is 63.9 Å². The Morgan fingerprint density at radius 2 is 1.72 bits per heavy atom. The van der Waals surface area contributed by atoms with Gasteiger partial charge in [0.1, 0.15) is 23.7 Å². The number of ketones is 1. The number of benzene rings is 3. The van der Waals surface area contributed by atoms with Gasteiger partial charge in [0.15, 0.2) is 11.6 Å². The summed E-state index contributed by atoms with van der Waals surface area (Å²) in [4.78, 5) is 25.3. The maximum atomic E-state index is 14.5. The van der Waals surface area contributed by atoms with Crippen molar-refractivity contribution in [1.82, 2.24) is 14.9 Å². The Hall–Kier alpha value is -4.10. The summed E-state index contributed by atoms with van der Waals surface area (Å²) >= 11 is 0. The van der Waals surface area contributed by atoms with Gasteiger partial charge in [-0.15, -0.1) is 0 Å². The third-order valence-corrected chi connectivity index (χ3v) is 8.83. The van der Waals surface area contributed by atoms with E-state index in [1.807, 2.05) is 18.2 Å². The zero-order valence-corrected chi connectivity index (χ0v) is 25.2. The number of anilines is 1. The van der Waals surface area contributed by atoms with Crippen LogP contribution in [0.25, 0.3) is 11.1 Å². The summed E-state index contributed by atoms with van der Waals surface area (Å²) in [6, 6.07) is 21.2. The van der Waals surface area contributed by atoms with Crippen LogP contribution in [0.4, 0.5) is 10.2 Å². The van der Waals surface area contributed by atoms with E-state index in [0.717, 1.165) is 73.6 Å². The highest BCUT2D eigenvalue weighted by molar-refractivity contribution is 5.78. The lowest BCUT2D eigenvalue weighted by Crippen LogP contribution is -2.31. The fraction of sp³-hybridized carbons (Fsp3) is 0.361. The number of ether oxygens (including phenoxy) is 1. The van der Waals surface area contributed by atoms with Crippen LogP contribution in [0.5, 0.6) is 11.5 Å². The van der Waals surface area contributed by atoms with E-state index in [1.54, 1.807) is 31.6 Å². The summed E-state index contributed by atoms with van der Waals surface area (Å²) < 4.78 is 21.0. The number of nitrogens with zero attached hydrogens (tertiary/aromatic N) is 4. The molecule has 0 radical (unpaired) electrons. The van der Waals surface area contributed by atoms with E-state index < -0.39 is 0 Å². The van der Waals surface area contributed by atoms with Crippen LogP contribution in [0, 0.1) is 11.2 Å². The molecule has 0 amide bonds. The van der Waals surface area contributed by atoms with Crippen LogP contribution in [0.1, 0.15) is 56.2 Å². The van der Waals surface area contributed by atoms with E-state index >= 15 is 0 Å². The predicted molar refractivity (Wildman–Crippen MR) is 168 cm³/mol. The molecule has 0 bridgehead atoms. The van der Waals surface area contributed by atoms with Gasteiger partial charge in [0.25, 0.3) is 0 Å². The van der Waals surface area contributed by atoms with Gasteiger partial charge in [-0.1, -0.05) is 62.4 Å². The van der Waals surface area contributed by atoms with Crippen LogP contribution in [-0.4, -0.2) is 46.8 Å². The molecular formula is C36H39FN4O2. The maximum absolute atomic E-state index is 14.5. The van der Waals surface area contributed by atoms with Crippen molar-refractivity contribution in [2.75, 3.05) is 31.1 Å². The first kappa shape index (κ1) is 29.0. The van der Waals surface area contributed by atoms with Crippen molar-refractivity contribution in [3.05, 3.63) is 102 Å². The van der Waals surface area contributed by atoms with Crippen molar-refractivity contribution < 1.29 is 13.9 Å². The molecule has 3 aromatic carbocycles. The zero-order chi connectivity index (χ0) is 30.0. The van der Waals surface area contributed by atoms with Gasteiger partial charge in [0, 0.05) is 43.6 Å². The van der Waals surface area contributed by atoms with Crippen LogP contribution in [-0.2, 0) is 17.8 Å². The molecule has 1 spiro atoms. The van der Waals surface area contributed by atoms with Gasteiger partial charge in [0.2, 0.25) is 0 Å². The van der Waals surface area contributed by atoms with Crippen molar-refractivity contribution in [2.45, 2.75) is 52.5 Å². The third-order valence-electron chi connectivity index (χ3n) is 8.83.